The Balaban J connectivity index is 2.39. The minimum Gasteiger partial charge on any atom is -0.350 e. The molecule has 0 saturated heterocycles. The molecule has 0 aliphatic heterocycles. The van der Waals surface area contributed by atoms with Crippen LogP contribution in [0.5, 0.6) is 0 Å². The fraction of sp³-hybridized carbons (Fsp3) is 0. The number of aromatic nitrogens is 1. The molecule has 0 atom stereocenters. The van der Waals surface area contributed by atoms with Crippen LogP contribution in [-0.2, 0) is 0 Å². The summed E-state index contributed by atoms with van der Waals surface area (Å²) in [6.07, 6.45) is 0.656. The zero-order valence-corrected chi connectivity index (χ0v) is 8.99. The molecule has 0 radical (unpaired) electrons. The van der Waals surface area contributed by atoms with Crippen molar-refractivity contribution in [3.05, 3.63) is 58.4 Å². The number of carbonyl (C=O) groups is 2. The van der Waals surface area contributed by atoms with Crippen LogP contribution in [-0.4, -0.2) is 17.1 Å². The molecule has 0 unspecified atom stereocenters. The van der Waals surface area contributed by atoms with Crippen molar-refractivity contribution in [2.75, 3.05) is 0 Å². The van der Waals surface area contributed by atoms with Crippen molar-refractivity contribution in [3.63, 3.8) is 0 Å². The van der Waals surface area contributed by atoms with Crippen molar-refractivity contribution in [1.29, 1.82) is 0 Å². The SMILES string of the molecule is O=Cc1ccc(C(=O)c2ccccc2Cl)[nH]1. The van der Waals surface area contributed by atoms with Gasteiger partial charge in [-0.05, 0) is 24.3 Å². The molecule has 80 valence electrons. The maximum Gasteiger partial charge on any atom is 0.210 e. The Hall–Kier alpha value is -1.87. The number of benzene rings is 1. The highest BCUT2D eigenvalue weighted by atomic mass is 35.5. The number of aromatic amines is 1. The molecule has 3 nitrogen and oxygen atoms in total. The van der Waals surface area contributed by atoms with E-state index in [4.69, 9.17) is 11.6 Å². The van der Waals surface area contributed by atoms with E-state index in [1.807, 2.05) is 0 Å². The van der Waals surface area contributed by atoms with Crippen LogP contribution in [0.3, 0.4) is 0 Å². The first-order chi connectivity index (χ1) is 7.72. The second kappa shape index (κ2) is 4.33. The predicted molar refractivity (Wildman–Crippen MR) is 61.1 cm³/mol. The van der Waals surface area contributed by atoms with E-state index in [0.29, 0.717) is 28.3 Å². The molecule has 2 aromatic rings. The summed E-state index contributed by atoms with van der Waals surface area (Å²) in [6, 6.07) is 9.91. The molecule has 0 bridgehead atoms. The number of carbonyl (C=O) groups excluding carboxylic acids is 2. The van der Waals surface area contributed by atoms with E-state index < -0.39 is 0 Å². The number of hydrogen-bond acceptors (Lipinski definition) is 2. The number of ketones is 1. The van der Waals surface area contributed by atoms with Gasteiger partial charge in [-0.2, -0.15) is 0 Å². The first-order valence-electron chi connectivity index (χ1n) is 4.66. The van der Waals surface area contributed by atoms with Crippen LogP contribution < -0.4 is 0 Å². The molecule has 0 saturated carbocycles. The molecule has 0 fully saturated rings. The average Bonchev–Trinajstić information content (AvgIpc) is 2.77. The monoisotopic (exact) mass is 233 g/mol. The van der Waals surface area contributed by atoms with Gasteiger partial charge in [0.25, 0.3) is 0 Å². The van der Waals surface area contributed by atoms with Crippen molar-refractivity contribution in [2.45, 2.75) is 0 Å². The van der Waals surface area contributed by atoms with Gasteiger partial charge in [0.1, 0.15) is 0 Å². The molecular weight excluding hydrogens is 226 g/mol. The minimum atomic E-state index is -0.223. The molecule has 0 spiro atoms. The third kappa shape index (κ3) is 1.90. The summed E-state index contributed by atoms with van der Waals surface area (Å²) >= 11 is 5.91. The highest BCUT2D eigenvalue weighted by Crippen LogP contribution is 2.18. The lowest BCUT2D eigenvalue weighted by Gasteiger charge is -2.00. The van der Waals surface area contributed by atoms with E-state index >= 15 is 0 Å². The third-order valence-electron chi connectivity index (χ3n) is 2.20. The number of H-pyrrole nitrogens is 1. The maximum atomic E-state index is 12.0. The molecule has 0 aliphatic carbocycles. The Labute approximate surface area is 97.1 Å². The summed E-state index contributed by atoms with van der Waals surface area (Å²) in [5.41, 5.74) is 1.15. The fourth-order valence-electron chi connectivity index (χ4n) is 1.40. The lowest BCUT2D eigenvalue weighted by Crippen LogP contribution is -2.02. The summed E-state index contributed by atoms with van der Waals surface area (Å²) in [5, 5.41) is 0.398. The standard InChI is InChI=1S/C12H8ClNO2/c13-10-4-2-1-3-9(10)12(16)11-6-5-8(7-15)14-11/h1-7,14H. The van der Waals surface area contributed by atoms with Gasteiger partial charge in [-0.3, -0.25) is 9.59 Å². The molecule has 1 aromatic heterocycles. The van der Waals surface area contributed by atoms with Gasteiger partial charge in [0.15, 0.2) is 6.29 Å². The van der Waals surface area contributed by atoms with E-state index in [2.05, 4.69) is 4.98 Å². The van der Waals surface area contributed by atoms with Gasteiger partial charge in [0, 0.05) is 5.56 Å². The first-order valence-corrected chi connectivity index (χ1v) is 5.03. The zero-order valence-electron chi connectivity index (χ0n) is 8.24. The van der Waals surface area contributed by atoms with Gasteiger partial charge in [0.2, 0.25) is 5.78 Å². The molecule has 1 heterocycles. The Kier molecular flexibility index (Phi) is 2.88. The number of halogens is 1. The molecule has 1 N–H and O–H groups in total. The van der Waals surface area contributed by atoms with Crippen molar-refractivity contribution in [1.82, 2.24) is 4.98 Å². The van der Waals surface area contributed by atoms with Crippen LogP contribution in [0.25, 0.3) is 0 Å². The van der Waals surface area contributed by atoms with Gasteiger partial charge < -0.3 is 4.98 Å². The molecule has 16 heavy (non-hydrogen) atoms. The van der Waals surface area contributed by atoms with Crippen molar-refractivity contribution in [2.24, 2.45) is 0 Å². The maximum absolute atomic E-state index is 12.0. The predicted octanol–water partition coefficient (Wildman–Crippen LogP) is 2.71. The van der Waals surface area contributed by atoms with E-state index in [-0.39, 0.29) is 5.78 Å². The molecule has 4 heteroatoms. The van der Waals surface area contributed by atoms with E-state index in [1.165, 1.54) is 0 Å². The molecule has 0 amide bonds. The Morgan fingerprint density at radius 3 is 2.56 bits per heavy atom. The van der Waals surface area contributed by atoms with Crippen LogP contribution in [0, 0.1) is 0 Å². The lowest BCUT2D eigenvalue weighted by molar-refractivity contribution is 0.103. The average molecular weight is 234 g/mol. The van der Waals surface area contributed by atoms with Gasteiger partial charge in [-0.15, -0.1) is 0 Å². The van der Waals surface area contributed by atoms with E-state index in [0.717, 1.165) is 0 Å². The Bertz CT molecular complexity index is 545. The zero-order chi connectivity index (χ0) is 11.5. The molecular formula is C12H8ClNO2. The molecule has 0 aliphatic rings. The number of hydrogen-bond donors (Lipinski definition) is 1. The normalized spacial score (nSPS) is 10.1. The van der Waals surface area contributed by atoms with E-state index in [9.17, 15) is 9.59 Å². The highest BCUT2D eigenvalue weighted by Gasteiger charge is 2.13. The van der Waals surface area contributed by atoms with Crippen LogP contribution in [0.2, 0.25) is 5.02 Å². The van der Waals surface area contributed by atoms with Crippen molar-refractivity contribution in [3.8, 4) is 0 Å². The fourth-order valence-corrected chi connectivity index (χ4v) is 1.63. The Morgan fingerprint density at radius 2 is 1.94 bits per heavy atom. The molecule has 2 rings (SSSR count). The summed E-state index contributed by atoms with van der Waals surface area (Å²) < 4.78 is 0. The summed E-state index contributed by atoms with van der Waals surface area (Å²) in [5.74, 6) is -0.223. The largest absolute Gasteiger partial charge is 0.350 e. The van der Waals surface area contributed by atoms with Gasteiger partial charge >= 0.3 is 0 Å². The van der Waals surface area contributed by atoms with Crippen LogP contribution >= 0.6 is 11.6 Å². The summed E-state index contributed by atoms with van der Waals surface area (Å²) in [4.78, 5) is 25.2. The van der Waals surface area contributed by atoms with Crippen molar-refractivity contribution >= 4 is 23.7 Å². The third-order valence-corrected chi connectivity index (χ3v) is 2.53. The van der Waals surface area contributed by atoms with Crippen LogP contribution in [0.15, 0.2) is 36.4 Å². The molecule has 1 aromatic carbocycles. The topological polar surface area (TPSA) is 49.9 Å². The van der Waals surface area contributed by atoms with Gasteiger partial charge in [0.05, 0.1) is 16.4 Å². The summed E-state index contributed by atoms with van der Waals surface area (Å²) in [6.45, 7) is 0. The first kappa shape index (κ1) is 10.6. The van der Waals surface area contributed by atoms with Crippen LogP contribution in [0.1, 0.15) is 26.5 Å². The number of nitrogens with one attached hydrogen (secondary N) is 1. The number of rotatable bonds is 3. The minimum absolute atomic E-state index is 0.223. The second-order valence-electron chi connectivity index (χ2n) is 3.25. The summed E-state index contributed by atoms with van der Waals surface area (Å²) in [7, 11) is 0. The number of aldehydes is 1. The highest BCUT2D eigenvalue weighted by molar-refractivity contribution is 6.34. The lowest BCUT2D eigenvalue weighted by atomic mass is 10.1. The van der Waals surface area contributed by atoms with Crippen LogP contribution in [0.4, 0.5) is 0 Å². The quantitative estimate of drug-likeness (QED) is 0.655. The van der Waals surface area contributed by atoms with Gasteiger partial charge in [-0.25, -0.2) is 0 Å². The smallest absolute Gasteiger partial charge is 0.210 e. The second-order valence-corrected chi connectivity index (χ2v) is 3.66. The van der Waals surface area contributed by atoms with Gasteiger partial charge in [-0.1, -0.05) is 23.7 Å². The van der Waals surface area contributed by atoms with E-state index in [1.54, 1.807) is 36.4 Å². The van der Waals surface area contributed by atoms with Crippen molar-refractivity contribution < 1.29 is 9.59 Å². The Morgan fingerprint density at radius 1 is 1.19 bits per heavy atom.